The van der Waals surface area contributed by atoms with E-state index >= 15 is 0 Å². The zero-order valence-corrected chi connectivity index (χ0v) is 13.6. The minimum absolute atomic E-state index is 0.585. The van der Waals surface area contributed by atoms with Crippen LogP contribution in [-0.2, 0) is 0 Å². The van der Waals surface area contributed by atoms with Gasteiger partial charge in [-0.25, -0.2) is 5.01 Å². The molecular formula is C17H35N3. The Hall–Kier alpha value is -0.120. The van der Waals surface area contributed by atoms with Crippen molar-refractivity contribution in [3.8, 4) is 0 Å². The van der Waals surface area contributed by atoms with E-state index in [9.17, 15) is 0 Å². The van der Waals surface area contributed by atoms with Crippen molar-refractivity contribution in [1.82, 2.24) is 5.01 Å². The second-order valence-corrected chi connectivity index (χ2v) is 7.48. The Balaban J connectivity index is 1.78. The molecule has 0 bridgehead atoms. The van der Waals surface area contributed by atoms with Crippen LogP contribution in [0.25, 0.3) is 0 Å². The maximum Gasteiger partial charge on any atom is 0.0244 e. The molecule has 0 aromatic carbocycles. The molecule has 2 fully saturated rings. The topological polar surface area (TPSA) is 55.3 Å². The molecule has 0 heterocycles. The molecule has 118 valence electrons. The van der Waals surface area contributed by atoms with Crippen molar-refractivity contribution in [2.24, 2.45) is 35.2 Å². The van der Waals surface area contributed by atoms with Crippen LogP contribution in [0.3, 0.4) is 0 Å². The van der Waals surface area contributed by atoms with E-state index in [0.29, 0.717) is 6.04 Å². The summed E-state index contributed by atoms with van der Waals surface area (Å²) in [7, 11) is 0. The van der Waals surface area contributed by atoms with Gasteiger partial charge in [0.1, 0.15) is 0 Å². The van der Waals surface area contributed by atoms with E-state index in [0.717, 1.165) is 43.2 Å². The predicted octanol–water partition coefficient (Wildman–Crippen LogP) is 3.14. The van der Waals surface area contributed by atoms with Gasteiger partial charge in [0.15, 0.2) is 0 Å². The molecule has 0 aliphatic heterocycles. The van der Waals surface area contributed by atoms with Gasteiger partial charge in [0.25, 0.3) is 0 Å². The lowest BCUT2D eigenvalue weighted by molar-refractivity contribution is 0.0862. The standard InChI is InChI=1S/C17H35N3/c1-13-4-6-15(13)8-9-17(20(19)11-3-10-18)12-16-7-5-14(16)2/h13-17H,3-12,18-19H2,1-2H3. The fourth-order valence-corrected chi connectivity index (χ4v) is 3.88. The van der Waals surface area contributed by atoms with Gasteiger partial charge >= 0.3 is 0 Å². The molecule has 2 aliphatic rings. The highest BCUT2D eigenvalue weighted by atomic mass is 15.4. The number of nitrogens with two attached hydrogens (primary N) is 2. The van der Waals surface area contributed by atoms with Crippen LogP contribution < -0.4 is 11.6 Å². The first-order chi connectivity index (χ1) is 9.61. The second-order valence-electron chi connectivity index (χ2n) is 7.48. The molecule has 0 spiro atoms. The van der Waals surface area contributed by atoms with E-state index < -0.39 is 0 Å². The minimum atomic E-state index is 0.585. The first-order valence-corrected chi connectivity index (χ1v) is 8.83. The smallest absolute Gasteiger partial charge is 0.0244 e. The molecule has 0 saturated heterocycles. The van der Waals surface area contributed by atoms with Gasteiger partial charge in [-0.2, -0.15) is 0 Å². The van der Waals surface area contributed by atoms with Gasteiger partial charge in [0.2, 0.25) is 0 Å². The number of hydrogen-bond acceptors (Lipinski definition) is 3. The summed E-state index contributed by atoms with van der Waals surface area (Å²) >= 11 is 0. The maximum absolute atomic E-state index is 6.33. The first-order valence-electron chi connectivity index (χ1n) is 8.83. The second kappa shape index (κ2) is 7.77. The van der Waals surface area contributed by atoms with Gasteiger partial charge in [-0.3, -0.25) is 5.84 Å². The van der Waals surface area contributed by atoms with Crippen LogP contribution in [-0.4, -0.2) is 24.1 Å². The van der Waals surface area contributed by atoms with Crippen LogP contribution in [0.15, 0.2) is 0 Å². The van der Waals surface area contributed by atoms with Gasteiger partial charge in [-0.1, -0.05) is 26.7 Å². The van der Waals surface area contributed by atoms with Crippen LogP contribution in [0.2, 0.25) is 0 Å². The highest BCUT2D eigenvalue weighted by Gasteiger charge is 2.32. The molecular weight excluding hydrogens is 246 g/mol. The number of hydrogen-bond donors (Lipinski definition) is 2. The van der Waals surface area contributed by atoms with Gasteiger partial charge in [-0.15, -0.1) is 0 Å². The van der Waals surface area contributed by atoms with Crippen LogP contribution in [0.4, 0.5) is 0 Å². The summed E-state index contributed by atoms with van der Waals surface area (Å²) in [6.07, 6.45) is 10.7. The van der Waals surface area contributed by atoms with Gasteiger partial charge < -0.3 is 5.73 Å². The quantitative estimate of drug-likeness (QED) is 0.504. The Kier molecular flexibility index (Phi) is 6.31. The monoisotopic (exact) mass is 281 g/mol. The van der Waals surface area contributed by atoms with E-state index in [4.69, 9.17) is 11.6 Å². The molecule has 2 rings (SSSR count). The van der Waals surface area contributed by atoms with E-state index in [1.54, 1.807) is 0 Å². The Bertz CT molecular complexity index is 281. The lowest BCUT2D eigenvalue weighted by Gasteiger charge is -2.40. The van der Waals surface area contributed by atoms with Crippen molar-refractivity contribution in [1.29, 1.82) is 0 Å². The van der Waals surface area contributed by atoms with E-state index in [1.807, 2.05) is 0 Å². The fourth-order valence-electron chi connectivity index (χ4n) is 3.88. The highest BCUT2D eigenvalue weighted by Crippen LogP contribution is 2.40. The van der Waals surface area contributed by atoms with Crippen molar-refractivity contribution in [3.05, 3.63) is 0 Å². The zero-order chi connectivity index (χ0) is 14.5. The molecule has 0 aromatic rings. The molecule has 5 atom stereocenters. The summed E-state index contributed by atoms with van der Waals surface area (Å²) < 4.78 is 0. The molecule has 2 saturated carbocycles. The summed E-state index contributed by atoms with van der Waals surface area (Å²) in [6.45, 7) is 6.52. The predicted molar refractivity (Wildman–Crippen MR) is 86.0 cm³/mol. The Morgan fingerprint density at radius 3 is 2.15 bits per heavy atom. The Morgan fingerprint density at radius 2 is 1.70 bits per heavy atom. The SMILES string of the molecule is CC1CCC1CCC(CC1CCC1C)N(N)CCCN. The van der Waals surface area contributed by atoms with Crippen molar-refractivity contribution in [2.45, 2.75) is 71.3 Å². The molecule has 4 N–H and O–H groups in total. The van der Waals surface area contributed by atoms with Crippen LogP contribution in [0.1, 0.15) is 65.2 Å². The average Bonchev–Trinajstić information content (AvgIpc) is 2.44. The first kappa shape index (κ1) is 16.3. The van der Waals surface area contributed by atoms with Gasteiger partial charge in [0, 0.05) is 12.6 Å². The molecule has 2 aliphatic carbocycles. The number of rotatable bonds is 9. The lowest BCUT2D eigenvalue weighted by atomic mass is 9.69. The molecule has 5 unspecified atom stereocenters. The van der Waals surface area contributed by atoms with Crippen LogP contribution in [0.5, 0.6) is 0 Å². The van der Waals surface area contributed by atoms with E-state index in [1.165, 1.54) is 44.9 Å². The molecule has 20 heavy (non-hydrogen) atoms. The zero-order valence-electron chi connectivity index (χ0n) is 13.6. The van der Waals surface area contributed by atoms with Gasteiger partial charge in [-0.05, 0) is 68.7 Å². The summed E-state index contributed by atoms with van der Waals surface area (Å²) in [4.78, 5) is 0. The molecule has 0 radical (unpaired) electrons. The van der Waals surface area contributed by atoms with Gasteiger partial charge in [0.05, 0.1) is 0 Å². The Labute approximate surface area is 125 Å². The normalized spacial score (nSPS) is 34.6. The average molecular weight is 281 g/mol. The van der Waals surface area contributed by atoms with Crippen LogP contribution in [0, 0.1) is 23.7 Å². The van der Waals surface area contributed by atoms with E-state index in [2.05, 4.69) is 18.9 Å². The third-order valence-electron chi connectivity index (χ3n) is 6.13. The number of hydrazine groups is 1. The van der Waals surface area contributed by atoms with Crippen molar-refractivity contribution >= 4 is 0 Å². The minimum Gasteiger partial charge on any atom is -0.330 e. The maximum atomic E-state index is 6.33. The van der Waals surface area contributed by atoms with Crippen LogP contribution >= 0.6 is 0 Å². The fraction of sp³-hybridized carbons (Fsp3) is 1.00. The molecule has 0 amide bonds. The van der Waals surface area contributed by atoms with Crippen molar-refractivity contribution in [2.75, 3.05) is 13.1 Å². The lowest BCUT2D eigenvalue weighted by Crippen LogP contribution is -2.45. The number of nitrogens with zero attached hydrogens (tertiary/aromatic N) is 1. The molecule has 3 heteroatoms. The largest absolute Gasteiger partial charge is 0.330 e. The molecule has 3 nitrogen and oxygen atoms in total. The van der Waals surface area contributed by atoms with E-state index in [-0.39, 0.29) is 0 Å². The third-order valence-corrected chi connectivity index (χ3v) is 6.13. The summed E-state index contributed by atoms with van der Waals surface area (Å²) in [5.74, 6) is 10.1. The Morgan fingerprint density at radius 1 is 1.05 bits per heavy atom. The highest BCUT2D eigenvalue weighted by molar-refractivity contribution is 4.84. The summed E-state index contributed by atoms with van der Waals surface area (Å²) in [5.41, 5.74) is 5.63. The summed E-state index contributed by atoms with van der Waals surface area (Å²) in [6, 6.07) is 0.585. The van der Waals surface area contributed by atoms with Crippen molar-refractivity contribution < 1.29 is 0 Å². The summed E-state index contributed by atoms with van der Waals surface area (Å²) in [5, 5.41) is 2.11. The molecule has 0 aromatic heterocycles. The third kappa shape index (κ3) is 4.19. The van der Waals surface area contributed by atoms with Crippen molar-refractivity contribution in [3.63, 3.8) is 0 Å².